The third kappa shape index (κ3) is 4.82. The van der Waals surface area contributed by atoms with Crippen molar-refractivity contribution in [2.45, 2.75) is 38.8 Å². The first-order chi connectivity index (χ1) is 12.3. The predicted molar refractivity (Wildman–Crippen MR) is 95.6 cm³/mol. The number of pyridine rings is 1. The molecule has 3 heterocycles. The summed E-state index contributed by atoms with van der Waals surface area (Å²) in [5, 5.41) is 2.83. The van der Waals surface area contributed by atoms with Gasteiger partial charge in [-0.05, 0) is 43.5 Å². The van der Waals surface area contributed by atoms with Crippen molar-refractivity contribution in [1.29, 1.82) is 0 Å². The van der Waals surface area contributed by atoms with E-state index in [2.05, 4.69) is 22.1 Å². The van der Waals surface area contributed by atoms with Crippen LogP contribution >= 0.6 is 0 Å². The molecule has 0 aromatic carbocycles. The molecule has 6 nitrogen and oxygen atoms in total. The Morgan fingerprint density at radius 2 is 2.40 bits per heavy atom. The molecular weight excluding hydrogens is 318 g/mol. The van der Waals surface area contributed by atoms with E-state index in [1.54, 1.807) is 18.5 Å². The zero-order valence-electron chi connectivity index (χ0n) is 14.6. The highest BCUT2D eigenvalue weighted by atomic mass is 16.5. The first-order valence-corrected chi connectivity index (χ1v) is 8.89. The second-order valence-electron chi connectivity index (χ2n) is 6.24. The molecule has 2 aromatic heterocycles. The van der Waals surface area contributed by atoms with Gasteiger partial charge in [0.1, 0.15) is 11.5 Å². The average molecular weight is 343 g/mol. The highest BCUT2D eigenvalue weighted by Gasteiger charge is 2.21. The molecule has 134 valence electrons. The van der Waals surface area contributed by atoms with Crippen LogP contribution in [0.5, 0.6) is 0 Å². The summed E-state index contributed by atoms with van der Waals surface area (Å²) < 4.78 is 11.1. The molecule has 0 unspecified atom stereocenters. The van der Waals surface area contributed by atoms with Gasteiger partial charge in [-0.1, -0.05) is 6.92 Å². The van der Waals surface area contributed by atoms with Crippen LogP contribution in [0.25, 0.3) is 0 Å². The summed E-state index contributed by atoms with van der Waals surface area (Å²) in [6.07, 6.45) is 6.76. The number of rotatable bonds is 7. The monoisotopic (exact) mass is 343 g/mol. The van der Waals surface area contributed by atoms with Crippen LogP contribution in [-0.4, -0.2) is 36.7 Å². The summed E-state index contributed by atoms with van der Waals surface area (Å²) in [5.74, 6) is 0.519. The second-order valence-corrected chi connectivity index (χ2v) is 6.24. The Morgan fingerprint density at radius 1 is 1.48 bits per heavy atom. The molecule has 1 fully saturated rings. The summed E-state index contributed by atoms with van der Waals surface area (Å²) in [6.45, 7) is 5.11. The Bertz CT molecular complexity index is 672. The number of aromatic nitrogens is 1. The Balaban J connectivity index is 1.61. The van der Waals surface area contributed by atoms with Gasteiger partial charge in [0.25, 0.3) is 5.91 Å². The van der Waals surface area contributed by atoms with E-state index in [-0.39, 0.29) is 12.0 Å². The topological polar surface area (TPSA) is 67.6 Å². The van der Waals surface area contributed by atoms with Gasteiger partial charge >= 0.3 is 0 Å². The molecule has 1 aliphatic heterocycles. The largest absolute Gasteiger partial charge is 0.467 e. The fourth-order valence-corrected chi connectivity index (χ4v) is 3.00. The lowest BCUT2D eigenvalue weighted by Gasteiger charge is -2.34. The second kappa shape index (κ2) is 8.67. The summed E-state index contributed by atoms with van der Waals surface area (Å²) in [4.78, 5) is 18.8. The Labute approximate surface area is 148 Å². The fraction of sp³-hybridized carbons (Fsp3) is 0.474. The number of amides is 1. The molecule has 0 spiro atoms. The van der Waals surface area contributed by atoms with Gasteiger partial charge in [-0.2, -0.15) is 0 Å². The molecule has 0 aliphatic carbocycles. The van der Waals surface area contributed by atoms with E-state index in [1.165, 1.54) is 0 Å². The van der Waals surface area contributed by atoms with E-state index in [1.807, 2.05) is 18.2 Å². The molecule has 1 aliphatic rings. The molecule has 1 saturated heterocycles. The third-order valence-corrected chi connectivity index (χ3v) is 4.28. The normalized spacial score (nSPS) is 17.5. The van der Waals surface area contributed by atoms with E-state index in [0.717, 1.165) is 50.4 Å². The number of ether oxygens (including phenoxy) is 1. The van der Waals surface area contributed by atoms with Gasteiger partial charge in [-0.25, -0.2) is 0 Å². The molecule has 25 heavy (non-hydrogen) atoms. The summed E-state index contributed by atoms with van der Waals surface area (Å²) in [6, 6.07) is 7.42. The lowest BCUT2D eigenvalue weighted by Crippen LogP contribution is -2.40. The van der Waals surface area contributed by atoms with Gasteiger partial charge in [-0.3, -0.25) is 9.78 Å². The Morgan fingerprint density at radius 3 is 3.20 bits per heavy atom. The SMILES string of the molecule is CCCO[C@H]1CCCN(c2ccnc(C(=O)NCc3ccco3)c2)C1. The predicted octanol–water partition coefficient (Wildman–Crippen LogP) is 3.00. The van der Waals surface area contributed by atoms with Gasteiger partial charge in [0.2, 0.25) is 0 Å². The van der Waals surface area contributed by atoms with Crippen LogP contribution in [0.3, 0.4) is 0 Å². The Kier molecular flexibility index (Phi) is 6.06. The first-order valence-electron chi connectivity index (χ1n) is 8.89. The molecule has 6 heteroatoms. The molecule has 1 N–H and O–H groups in total. The van der Waals surface area contributed by atoms with Crippen LogP contribution in [0.2, 0.25) is 0 Å². The number of hydrogen-bond donors (Lipinski definition) is 1. The maximum Gasteiger partial charge on any atom is 0.270 e. The zero-order valence-corrected chi connectivity index (χ0v) is 14.6. The quantitative estimate of drug-likeness (QED) is 0.837. The van der Waals surface area contributed by atoms with Crippen molar-refractivity contribution < 1.29 is 13.9 Å². The summed E-state index contributed by atoms with van der Waals surface area (Å²) >= 11 is 0. The molecule has 3 rings (SSSR count). The van der Waals surface area contributed by atoms with Gasteiger partial charge in [-0.15, -0.1) is 0 Å². The third-order valence-electron chi connectivity index (χ3n) is 4.28. The number of anilines is 1. The number of carbonyl (C=O) groups is 1. The van der Waals surface area contributed by atoms with Gasteiger partial charge in [0.15, 0.2) is 0 Å². The average Bonchev–Trinajstić information content (AvgIpc) is 3.18. The van der Waals surface area contributed by atoms with Gasteiger partial charge in [0.05, 0.1) is 18.9 Å². The van der Waals surface area contributed by atoms with Crippen molar-refractivity contribution in [3.05, 3.63) is 48.2 Å². The van der Waals surface area contributed by atoms with Crippen LogP contribution < -0.4 is 10.2 Å². The van der Waals surface area contributed by atoms with Crippen LogP contribution in [0.4, 0.5) is 5.69 Å². The van der Waals surface area contributed by atoms with Crippen LogP contribution in [0.1, 0.15) is 42.4 Å². The van der Waals surface area contributed by atoms with Gasteiger partial charge < -0.3 is 19.4 Å². The number of nitrogens with one attached hydrogen (secondary N) is 1. The lowest BCUT2D eigenvalue weighted by atomic mass is 10.1. The summed E-state index contributed by atoms with van der Waals surface area (Å²) in [7, 11) is 0. The molecule has 0 saturated carbocycles. The number of piperidine rings is 1. The minimum absolute atomic E-state index is 0.200. The molecular formula is C19H25N3O3. The number of furan rings is 1. The molecule has 2 aromatic rings. The Hall–Kier alpha value is -2.34. The van der Waals surface area contributed by atoms with E-state index < -0.39 is 0 Å². The zero-order chi connectivity index (χ0) is 17.5. The van der Waals surface area contributed by atoms with E-state index >= 15 is 0 Å². The molecule has 0 radical (unpaired) electrons. The number of carbonyl (C=O) groups excluding carboxylic acids is 1. The van der Waals surface area contributed by atoms with E-state index in [0.29, 0.717) is 12.2 Å². The van der Waals surface area contributed by atoms with Gasteiger partial charge in [0, 0.05) is 31.6 Å². The maximum atomic E-state index is 12.3. The minimum atomic E-state index is -0.200. The molecule has 0 bridgehead atoms. The van der Waals surface area contributed by atoms with Crippen molar-refractivity contribution >= 4 is 11.6 Å². The van der Waals surface area contributed by atoms with Crippen molar-refractivity contribution in [1.82, 2.24) is 10.3 Å². The fourth-order valence-electron chi connectivity index (χ4n) is 3.00. The summed E-state index contributed by atoms with van der Waals surface area (Å²) in [5.41, 5.74) is 1.43. The highest BCUT2D eigenvalue weighted by molar-refractivity contribution is 5.93. The van der Waals surface area contributed by atoms with E-state index in [4.69, 9.17) is 9.15 Å². The number of hydrogen-bond acceptors (Lipinski definition) is 5. The van der Waals surface area contributed by atoms with Crippen molar-refractivity contribution in [3.63, 3.8) is 0 Å². The van der Waals surface area contributed by atoms with Crippen LogP contribution in [0, 0.1) is 0 Å². The van der Waals surface area contributed by atoms with Crippen LogP contribution in [0.15, 0.2) is 41.1 Å². The molecule has 1 amide bonds. The first kappa shape index (κ1) is 17.5. The van der Waals surface area contributed by atoms with Crippen molar-refractivity contribution in [2.24, 2.45) is 0 Å². The standard InChI is InChI=1S/C19H25N3O3/c1-2-10-24-17-5-3-9-22(14-17)15-7-8-20-18(12-15)19(23)21-13-16-6-4-11-25-16/h4,6-8,11-12,17H,2-3,5,9-10,13-14H2,1H3,(H,21,23)/t17-/m0/s1. The smallest absolute Gasteiger partial charge is 0.270 e. The van der Waals surface area contributed by atoms with E-state index in [9.17, 15) is 4.79 Å². The minimum Gasteiger partial charge on any atom is -0.467 e. The van der Waals surface area contributed by atoms with Crippen molar-refractivity contribution in [2.75, 3.05) is 24.6 Å². The van der Waals surface area contributed by atoms with Crippen molar-refractivity contribution in [3.8, 4) is 0 Å². The highest BCUT2D eigenvalue weighted by Crippen LogP contribution is 2.22. The number of nitrogens with zero attached hydrogens (tertiary/aromatic N) is 2. The maximum absolute atomic E-state index is 12.3. The molecule has 1 atom stereocenters. The van der Waals surface area contributed by atoms with Crippen LogP contribution in [-0.2, 0) is 11.3 Å². The lowest BCUT2D eigenvalue weighted by molar-refractivity contribution is 0.0440.